The summed E-state index contributed by atoms with van der Waals surface area (Å²) in [4.78, 5) is 19.6. The summed E-state index contributed by atoms with van der Waals surface area (Å²) in [5.41, 5.74) is 4.91. The van der Waals surface area contributed by atoms with Crippen LogP contribution in [0.2, 0.25) is 0 Å². The molecular formula is C9H13K2N3O4. The molecule has 0 spiro atoms. The van der Waals surface area contributed by atoms with Crippen molar-refractivity contribution in [2.45, 2.75) is 32.7 Å². The molecule has 0 aliphatic rings. The van der Waals surface area contributed by atoms with Crippen molar-refractivity contribution in [3.63, 3.8) is 0 Å². The molecule has 0 aliphatic heterocycles. The maximum atomic E-state index is 9.86. The van der Waals surface area contributed by atoms with Gasteiger partial charge in [0.1, 0.15) is 0 Å². The second-order valence-electron chi connectivity index (χ2n) is 2.28. The molecular weight excluding hydrogens is 292 g/mol. The van der Waals surface area contributed by atoms with Crippen LogP contribution < -0.4 is 119 Å². The van der Waals surface area contributed by atoms with Crippen molar-refractivity contribution in [3.8, 4) is 12.1 Å². The summed E-state index contributed by atoms with van der Waals surface area (Å²) in [7, 11) is 0. The van der Waals surface area contributed by atoms with Gasteiger partial charge in [0, 0.05) is 25.9 Å². The van der Waals surface area contributed by atoms with Gasteiger partial charge < -0.3 is 25.5 Å². The molecule has 0 fully saturated rings. The van der Waals surface area contributed by atoms with Crippen LogP contribution in [0.1, 0.15) is 26.7 Å². The van der Waals surface area contributed by atoms with Gasteiger partial charge in [0.2, 0.25) is 0 Å². The van der Waals surface area contributed by atoms with Crippen LogP contribution in [0.25, 0.3) is 0 Å². The number of nitriles is 2. The summed E-state index contributed by atoms with van der Waals surface area (Å²) in [6, 6.07) is 2.29. The van der Waals surface area contributed by atoms with Gasteiger partial charge in [-0.25, -0.2) is 0 Å². The van der Waals surface area contributed by atoms with E-state index in [-0.39, 0.29) is 116 Å². The van der Waals surface area contributed by atoms with Gasteiger partial charge in [-0.15, -0.1) is 0 Å². The Morgan fingerprint density at radius 3 is 1.61 bits per heavy atom. The molecule has 0 aromatic heterocycles. The fraction of sp³-hybridized carbons (Fsp3) is 0.556. The normalized spacial score (nSPS) is 7.83. The topological polar surface area (TPSA) is 154 Å². The van der Waals surface area contributed by atoms with E-state index in [1.807, 2.05) is 0 Å². The number of carboxylic acids is 2. The Balaban J connectivity index is -0.0000000603. The minimum atomic E-state index is -1.44. The largest absolute Gasteiger partial charge is 1.00 e. The molecule has 0 aromatic carbocycles. The first-order valence-corrected chi connectivity index (χ1v) is 4.15. The van der Waals surface area contributed by atoms with E-state index in [0.717, 1.165) is 0 Å². The SMILES string of the molecule is CC#N.CC#N.NC(CCC(=O)[O-])C(=O)[O-].[K+].[K+]. The summed E-state index contributed by atoms with van der Waals surface area (Å²) in [6.07, 6.45) is -0.500. The van der Waals surface area contributed by atoms with Crippen molar-refractivity contribution in [2.75, 3.05) is 0 Å². The fourth-order valence-corrected chi connectivity index (χ4v) is 0.391. The third kappa shape index (κ3) is 43.4. The number of nitrogens with zero attached hydrogens (tertiary/aromatic N) is 2. The zero-order valence-corrected chi connectivity index (χ0v) is 17.3. The average Bonchev–Trinajstić information content (AvgIpc) is 2.16. The zero-order chi connectivity index (χ0) is 13.6. The Labute approximate surface area is 192 Å². The zero-order valence-electron chi connectivity index (χ0n) is 11.1. The second-order valence-corrected chi connectivity index (χ2v) is 2.28. The Hall–Kier alpha value is 1.15. The van der Waals surface area contributed by atoms with E-state index in [1.54, 1.807) is 12.1 Å². The first-order chi connectivity index (χ1) is 7.37. The van der Waals surface area contributed by atoms with Gasteiger partial charge in [0.05, 0.1) is 18.1 Å². The third-order valence-corrected chi connectivity index (χ3v) is 0.962. The van der Waals surface area contributed by atoms with Gasteiger partial charge in [0.15, 0.2) is 0 Å². The fourth-order valence-electron chi connectivity index (χ4n) is 0.391. The van der Waals surface area contributed by atoms with E-state index in [0.29, 0.717) is 0 Å². The van der Waals surface area contributed by atoms with Crippen molar-refractivity contribution in [1.29, 1.82) is 10.5 Å². The maximum absolute atomic E-state index is 9.86. The number of hydrogen-bond donors (Lipinski definition) is 1. The Kier molecular flexibility index (Phi) is 46.7. The number of carbonyl (C=O) groups excluding carboxylic acids is 2. The molecule has 0 bridgehead atoms. The molecule has 0 radical (unpaired) electrons. The molecule has 1 unspecified atom stereocenters. The number of nitrogens with two attached hydrogens (primary N) is 1. The Morgan fingerprint density at radius 1 is 1.17 bits per heavy atom. The van der Waals surface area contributed by atoms with Crippen LogP contribution in [0.15, 0.2) is 0 Å². The van der Waals surface area contributed by atoms with Crippen molar-refractivity contribution < 1.29 is 123 Å². The number of carbonyl (C=O) groups is 2. The molecule has 0 saturated carbocycles. The first-order valence-electron chi connectivity index (χ1n) is 4.15. The van der Waals surface area contributed by atoms with E-state index in [9.17, 15) is 19.8 Å². The van der Waals surface area contributed by atoms with E-state index in [2.05, 4.69) is 0 Å². The predicted octanol–water partition coefficient (Wildman–Crippen LogP) is -8.34. The summed E-state index contributed by atoms with van der Waals surface area (Å²) in [6.45, 7) is 2.86. The Morgan fingerprint density at radius 2 is 1.44 bits per heavy atom. The second kappa shape index (κ2) is 26.7. The molecule has 0 aliphatic carbocycles. The molecule has 18 heavy (non-hydrogen) atoms. The van der Waals surface area contributed by atoms with Crippen molar-refractivity contribution in [3.05, 3.63) is 0 Å². The van der Waals surface area contributed by atoms with Crippen molar-refractivity contribution >= 4 is 11.9 Å². The average molecular weight is 305 g/mol. The summed E-state index contributed by atoms with van der Waals surface area (Å²) >= 11 is 0. The molecule has 9 heteroatoms. The number of carboxylic acid groups (broad SMARTS) is 2. The van der Waals surface area contributed by atoms with E-state index >= 15 is 0 Å². The van der Waals surface area contributed by atoms with Gasteiger partial charge in [-0.2, -0.15) is 10.5 Å². The minimum absolute atomic E-state index is 0. The van der Waals surface area contributed by atoms with Crippen molar-refractivity contribution in [1.82, 2.24) is 0 Å². The summed E-state index contributed by atoms with van der Waals surface area (Å²) in [5.74, 6) is -2.75. The van der Waals surface area contributed by atoms with Crippen LogP contribution in [0.4, 0.5) is 0 Å². The van der Waals surface area contributed by atoms with Crippen LogP contribution in [0.5, 0.6) is 0 Å². The first kappa shape index (κ1) is 31.5. The van der Waals surface area contributed by atoms with E-state index in [4.69, 9.17) is 16.3 Å². The Bertz CT molecular complexity index is 275. The molecule has 2 N–H and O–H groups in total. The van der Waals surface area contributed by atoms with Crippen LogP contribution >= 0.6 is 0 Å². The molecule has 0 saturated heterocycles. The quantitative estimate of drug-likeness (QED) is 0.506. The van der Waals surface area contributed by atoms with Crippen LogP contribution in [0.3, 0.4) is 0 Å². The molecule has 1 atom stereocenters. The van der Waals surface area contributed by atoms with Crippen LogP contribution in [-0.4, -0.2) is 18.0 Å². The van der Waals surface area contributed by atoms with E-state index in [1.165, 1.54) is 13.8 Å². The number of aliphatic carboxylic acids is 2. The van der Waals surface area contributed by atoms with Crippen LogP contribution in [0, 0.1) is 22.7 Å². The van der Waals surface area contributed by atoms with Gasteiger partial charge in [-0.1, -0.05) is 0 Å². The summed E-state index contributed by atoms with van der Waals surface area (Å²) in [5, 5.41) is 34.2. The van der Waals surface area contributed by atoms with Crippen molar-refractivity contribution in [2.24, 2.45) is 5.73 Å². The van der Waals surface area contributed by atoms with E-state index < -0.39 is 18.0 Å². The molecule has 90 valence electrons. The number of hydrogen-bond acceptors (Lipinski definition) is 7. The standard InChI is InChI=1S/C5H9NO4.2C2H3N.2K/c6-3(5(9)10)1-2-4(7)8;2*1-2-3;;/h3H,1-2,6H2,(H,7,8)(H,9,10);2*1H3;;/q;;;2*+1/p-2. The van der Waals surface area contributed by atoms with Gasteiger partial charge in [0.25, 0.3) is 0 Å². The minimum Gasteiger partial charge on any atom is -0.550 e. The van der Waals surface area contributed by atoms with Gasteiger partial charge >= 0.3 is 103 Å². The third-order valence-electron chi connectivity index (χ3n) is 0.962. The molecule has 0 rings (SSSR count). The molecule has 0 heterocycles. The maximum Gasteiger partial charge on any atom is 1.00 e. The van der Waals surface area contributed by atoms with Gasteiger partial charge in [-0.3, -0.25) is 0 Å². The smallest absolute Gasteiger partial charge is 0.550 e. The number of rotatable bonds is 4. The molecule has 0 aromatic rings. The monoisotopic (exact) mass is 305 g/mol. The van der Waals surface area contributed by atoms with Gasteiger partial charge in [-0.05, 0) is 12.8 Å². The summed E-state index contributed by atoms with van der Waals surface area (Å²) < 4.78 is 0. The molecule has 0 amide bonds. The predicted molar refractivity (Wildman–Crippen MR) is 49.8 cm³/mol. The molecule has 7 nitrogen and oxygen atoms in total. The van der Waals surface area contributed by atoms with Crippen LogP contribution in [-0.2, 0) is 9.59 Å².